The summed E-state index contributed by atoms with van der Waals surface area (Å²) in [6, 6.07) is 0.276. The summed E-state index contributed by atoms with van der Waals surface area (Å²) in [5.41, 5.74) is 0.369. The van der Waals surface area contributed by atoms with E-state index in [4.69, 9.17) is 14.2 Å². The zero-order chi connectivity index (χ0) is 26.7. The maximum Gasteiger partial charge on any atom is 0.356 e. The van der Waals surface area contributed by atoms with Crippen LogP contribution in [0.2, 0.25) is 0 Å². The van der Waals surface area contributed by atoms with Crippen LogP contribution in [0.4, 0.5) is 5.82 Å². The Morgan fingerprint density at radius 1 is 1.24 bits per heavy atom. The molecule has 204 valence electrons. The molecule has 0 amide bonds. The molecule has 5 atom stereocenters. The lowest BCUT2D eigenvalue weighted by Crippen LogP contribution is -2.35. The minimum atomic E-state index is -4.62. The van der Waals surface area contributed by atoms with Crippen molar-refractivity contribution in [3.63, 3.8) is 0 Å². The van der Waals surface area contributed by atoms with Crippen LogP contribution < -0.4 is 5.32 Å². The molecule has 0 spiro atoms. The number of hydrogen-bond donors (Lipinski definition) is 5. The van der Waals surface area contributed by atoms with E-state index in [0.717, 1.165) is 25.7 Å². The number of anilines is 1. The molecule has 13 nitrogen and oxygen atoms in total. The Labute approximate surface area is 214 Å². The molecular formula is C23H34N5O8P. The molecule has 2 fully saturated rings. The molecule has 2 aromatic rings. The normalized spacial score (nSPS) is 25.5. The van der Waals surface area contributed by atoms with Gasteiger partial charge >= 0.3 is 7.60 Å². The predicted molar refractivity (Wildman–Crippen MR) is 133 cm³/mol. The summed E-state index contributed by atoms with van der Waals surface area (Å²) in [7, 11) is -3.33. The minimum Gasteiger partial charge on any atom is -0.387 e. The van der Waals surface area contributed by atoms with Crippen molar-refractivity contribution in [2.24, 2.45) is 5.92 Å². The topological polar surface area (TPSA) is 181 Å². The first-order valence-electron chi connectivity index (χ1n) is 12.3. The molecule has 4 rings (SSSR count). The number of aromatic nitrogens is 4. The number of aliphatic hydroxyl groups excluding tert-OH is 2. The number of rotatable bonds is 9. The first kappa shape index (κ1) is 27.9. The molecule has 5 N–H and O–H groups in total. The van der Waals surface area contributed by atoms with Crippen molar-refractivity contribution in [3.05, 3.63) is 12.0 Å². The van der Waals surface area contributed by atoms with Crippen molar-refractivity contribution >= 4 is 24.4 Å². The molecule has 1 aliphatic carbocycles. The third-order valence-electron chi connectivity index (χ3n) is 6.34. The summed E-state index contributed by atoms with van der Waals surface area (Å²) in [5, 5.41) is 29.8. The molecule has 2 aliphatic rings. The molecule has 1 saturated heterocycles. The Balaban J connectivity index is 1.61. The van der Waals surface area contributed by atoms with E-state index in [1.165, 1.54) is 11.8 Å². The van der Waals surface area contributed by atoms with Crippen LogP contribution in [0.3, 0.4) is 0 Å². The van der Waals surface area contributed by atoms with Crippen LogP contribution in [-0.2, 0) is 18.8 Å². The number of nitrogens with zero attached hydrogens (tertiary/aromatic N) is 4. The second-order valence-corrected chi connectivity index (χ2v) is 11.4. The Kier molecular flexibility index (Phi) is 8.83. The van der Waals surface area contributed by atoms with E-state index in [0.29, 0.717) is 22.7 Å². The number of ether oxygens (including phenoxy) is 3. The summed E-state index contributed by atoms with van der Waals surface area (Å²) >= 11 is 0. The Morgan fingerprint density at radius 2 is 1.97 bits per heavy atom. The van der Waals surface area contributed by atoms with Gasteiger partial charge in [-0.3, -0.25) is 4.57 Å². The maximum absolute atomic E-state index is 11.6. The van der Waals surface area contributed by atoms with Crippen molar-refractivity contribution in [1.29, 1.82) is 0 Å². The van der Waals surface area contributed by atoms with Gasteiger partial charge < -0.3 is 39.5 Å². The first-order chi connectivity index (χ1) is 17.6. The van der Waals surface area contributed by atoms with Crippen LogP contribution in [0.25, 0.3) is 11.0 Å². The van der Waals surface area contributed by atoms with Gasteiger partial charge in [0.15, 0.2) is 17.7 Å². The molecule has 1 unspecified atom stereocenters. The molecule has 2 aromatic heterocycles. The standard InChI is InChI=1S/C23H34N5O8P/c1-13(2)8-9-17-26-21(25-14-6-4-5-7-14)15-10-24-28(22(15)27-17)23-20(30)19(29)16(36-23)11-35-18(12-34-3)37(31,32)33/h10,13-14,16,18-20,23,29-30H,4-7,11-12H2,1-3H3,(H,25,26,27)(H2,31,32,33)/t16-,18?,19-,20-,23-/m1/s1. The van der Waals surface area contributed by atoms with Crippen molar-refractivity contribution in [3.8, 4) is 11.8 Å². The highest BCUT2D eigenvalue weighted by Gasteiger charge is 2.46. The third kappa shape index (κ3) is 6.47. The van der Waals surface area contributed by atoms with Crippen molar-refractivity contribution < 1.29 is 38.8 Å². The number of fused-ring (bicyclic) bond motifs is 1. The van der Waals surface area contributed by atoms with Crippen LogP contribution in [0.15, 0.2) is 6.20 Å². The molecule has 0 radical (unpaired) electrons. The number of nitrogens with one attached hydrogen (secondary N) is 1. The van der Waals surface area contributed by atoms with Crippen LogP contribution in [0.1, 0.15) is 51.6 Å². The van der Waals surface area contributed by atoms with Gasteiger partial charge in [-0.1, -0.05) is 32.6 Å². The lowest BCUT2D eigenvalue weighted by Gasteiger charge is -2.21. The van der Waals surface area contributed by atoms with Gasteiger partial charge in [-0.25, -0.2) is 14.6 Å². The Hall–Kier alpha value is -2.14. The molecule has 0 bridgehead atoms. The maximum atomic E-state index is 11.6. The minimum absolute atomic E-state index is 0.112. The van der Waals surface area contributed by atoms with E-state index in [1.807, 2.05) is 13.8 Å². The summed E-state index contributed by atoms with van der Waals surface area (Å²) in [4.78, 5) is 28.1. The van der Waals surface area contributed by atoms with Gasteiger partial charge in [0.25, 0.3) is 0 Å². The van der Waals surface area contributed by atoms with Gasteiger partial charge in [0.05, 0.1) is 24.8 Å². The SMILES string of the molecule is COCC(OC[C@H]1O[C@@H](n2ncc3c(NC4CCCC4)nc(C#CC(C)C)nc32)[C@H](O)[C@@H]1O)P(=O)(O)O. The molecule has 37 heavy (non-hydrogen) atoms. The first-order valence-corrected chi connectivity index (χ1v) is 14.0. The lowest BCUT2D eigenvalue weighted by atomic mass is 10.1. The second kappa shape index (κ2) is 11.7. The molecule has 0 aromatic carbocycles. The largest absolute Gasteiger partial charge is 0.387 e. The van der Waals surface area contributed by atoms with E-state index >= 15 is 0 Å². The molecule has 3 heterocycles. The van der Waals surface area contributed by atoms with E-state index in [9.17, 15) is 24.6 Å². The van der Waals surface area contributed by atoms with Gasteiger partial charge in [-0.15, -0.1) is 0 Å². The summed E-state index contributed by atoms with van der Waals surface area (Å²) in [5.74, 6) is 5.50. The highest BCUT2D eigenvalue weighted by molar-refractivity contribution is 7.52. The van der Waals surface area contributed by atoms with Gasteiger partial charge in [-0.05, 0) is 18.8 Å². The van der Waals surface area contributed by atoms with Gasteiger partial charge in [0.2, 0.25) is 5.82 Å². The fourth-order valence-electron chi connectivity index (χ4n) is 4.41. The van der Waals surface area contributed by atoms with Gasteiger partial charge in [0.1, 0.15) is 24.1 Å². The fraction of sp³-hybridized carbons (Fsp3) is 0.696. The molecular weight excluding hydrogens is 505 g/mol. The van der Waals surface area contributed by atoms with Crippen LogP contribution in [0, 0.1) is 17.8 Å². The number of methoxy groups -OCH3 is 1. The summed E-state index contributed by atoms with van der Waals surface area (Å²) in [6.07, 6.45) is 0.902. The quantitative estimate of drug-likeness (QED) is 0.225. The Bertz CT molecular complexity index is 1180. The van der Waals surface area contributed by atoms with E-state index in [1.54, 1.807) is 6.20 Å². The highest BCUT2D eigenvalue weighted by atomic mass is 31.2. The average Bonchev–Trinajstić information content (AvgIpc) is 3.56. The van der Waals surface area contributed by atoms with Crippen LogP contribution >= 0.6 is 7.60 Å². The highest BCUT2D eigenvalue weighted by Crippen LogP contribution is 2.42. The smallest absolute Gasteiger partial charge is 0.356 e. The van der Waals surface area contributed by atoms with Crippen LogP contribution in [-0.4, -0.2) is 90.3 Å². The van der Waals surface area contributed by atoms with Gasteiger partial charge in [-0.2, -0.15) is 5.10 Å². The predicted octanol–water partition coefficient (Wildman–Crippen LogP) is 0.974. The molecule has 14 heteroatoms. The number of aliphatic hydroxyl groups is 2. The zero-order valence-electron chi connectivity index (χ0n) is 21.0. The van der Waals surface area contributed by atoms with E-state index < -0.39 is 38.0 Å². The zero-order valence-corrected chi connectivity index (χ0v) is 21.9. The van der Waals surface area contributed by atoms with Gasteiger partial charge in [0, 0.05) is 19.1 Å². The number of hydrogen-bond acceptors (Lipinski definition) is 10. The second-order valence-electron chi connectivity index (χ2n) is 9.65. The van der Waals surface area contributed by atoms with Crippen molar-refractivity contribution in [2.45, 2.75) is 76.0 Å². The third-order valence-corrected chi connectivity index (χ3v) is 7.39. The molecule has 1 saturated carbocycles. The summed E-state index contributed by atoms with van der Waals surface area (Å²) in [6.45, 7) is 3.19. The van der Waals surface area contributed by atoms with Crippen molar-refractivity contribution in [1.82, 2.24) is 19.7 Å². The average molecular weight is 540 g/mol. The lowest BCUT2D eigenvalue weighted by molar-refractivity contribution is -0.0826. The Morgan fingerprint density at radius 3 is 2.62 bits per heavy atom. The molecule has 1 aliphatic heterocycles. The summed E-state index contributed by atoms with van der Waals surface area (Å²) < 4.78 is 29.0. The van der Waals surface area contributed by atoms with Crippen molar-refractivity contribution in [2.75, 3.05) is 25.6 Å². The fourth-order valence-corrected chi connectivity index (χ4v) is 5.03. The monoisotopic (exact) mass is 539 g/mol. The van der Waals surface area contributed by atoms with E-state index in [-0.39, 0.29) is 25.2 Å². The van der Waals surface area contributed by atoms with E-state index in [2.05, 4.69) is 32.2 Å². The van der Waals surface area contributed by atoms with Crippen LogP contribution in [0.5, 0.6) is 0 Å².